The van der Waals surface area contributed by atoms with E-state index in [1.54, 1.807) is 0 Å². The highest BCUT2D eigenvalue weighted by Gasteiger charge is 2.13. The van der Waals surface area contributed by atoms with Crippen LogP contribution >= 0.6 is 33.9 Å². The topological polar surface area (TPSA) is 56.9 Å². The smallest absolute Gasteiger partial charge is 0.199 e. The number of benzene rings is 1. The fourth-order valence-corrected chi connectivity index (χ4v) is 2.98. The number of piperazine rings is 1. The summed E-state index contributed by atoms with van der Waals surface area (Å²) in [4.78, 5) is 8.89. The molecule has 1 atom stereocenters. The van der Waals surface area contributed by atoms with Crippen molar-refractivity contribution in [1.29, 1.82) is 0 Å². The molecule has 1 saturated heterocycles. The van der Waals surface area contributed by atoms with E-state index in [0.717, 1.165) is 37.6 Å². The molecule has 1 aliphatic rings. The van der Waals surface area contributed by atoms with Crippen LogP contribution in [0.1, 0.15) is 6.92 Å². The number of amidine groups is 1. The van der Waals surface area contributed by atoms with Crippen LogP contribution in [-0.4, -0.2) is 54.2 Å². The van der Waals surface area contributed by atoms with Gasteiger partial charge in [0.15, 0.2) is 10.3 Å². The van der Waals surface area contributed by atoms with Crippen molar-refractivity contribution in [3.05, 3.63) is 24.3 Å². The van der Waals surface area contributed by atoms with Crippen LogP contribution in [0, 0.1) is 0 Å². The Morgan fingerprint density at radius 1 is 1.26 bits per heavy atom. The molecule has 0 saturated carbocycles. The molecule has 1 aromatic rings. The Morgan fingerprint density at radius 3 is 2.43 bits per heavy atom. The van der Waals surface area contributed by atoms with Crippen LogP contribution in [0.4, 0.5) is 11.4 Å². The van der Waals surface area contributed by atoms with Crippen molar-refractivity contribution in [3.63, 3.8) is 0 Å². The van der Waals surface area contributed by atoms with Crippen LogP contribution < -0.4 is 16.0 Å². The predicted octanol–water partition coefficient (Wildman–Crippen LogP) is 2.26. The van der Waals surface area contributed by atoms with Gasteiger partial charge in [-0.05, 0) is 49.3 Å². The van der Waals surface area contributed by atoms with E-state index < -0.39 is 0 Å². The van der Waals surface area contributed by atoms with Crippen LogP contribution in [0.3, 0.4) is 0 Å². The Morgan fingerprint density at radius 2 is 1.87 bits per heavy atom. The van der Waals surface area contributed by atoms with E-state index in [0.29, 0.717) is 10.3 Å². The molecule has 1 aromatic carbocycles. The summed E-state index contributed by atoms with van der Waals surface area (Å²) in [5.74, 6) is 0.887. The van der Waals surface area contributed by atoms with Crippen LogP contribution in [0.2, 0.25) is 0 Å². The van der Waals surface area contributed by atoms with Crippen molar-refractivity contribution < 1.29 is 0 Å². The minimum absolute atomic E-state index is 0. The van der Waals surface area contributed by atoms with E-state index in [1.807, 2.05) is 19.1 Å². The van der Waals surface area contributed by atoms with Crippen molar-refractivity contribution in [3.8, 4) is 0 Å². The molecule has 1 fully saturated rings. The monoisotopic (exact) mass is 371 g/mol. The fraction of sp³-hybridized carbons (Fsp3) is 0.467. The molecular formula is C15H26N5PS2. The highest BCUT2D eigenvalue weighted by molar-refractivity contribution is 8.13. The zero-order valence-electron chi connectivity index (χ0n) is 13.8. The predicted molar refractivity (Wildman–Crippen MR) is 113 cm³/mol. The lowest BCUT2D eigenvalue weighted by molar-refractivity contribution is 0.313. The van der Waals surface area contributed by atoms with E-state index in [4.69, 9.17) is 18.0 Å². The molecule has 0 aliphatic carbocycles. The summed E-state index contributed by atoms with van der Waals surface area (Å²) < 4.78 is 0. The molecule has 2 rings (SSSR count). The lowest BCUT2D eigenvalue weighted by atomic mass is 10.2. The van der Waals surface area contributed by atoms with E-state index in [9.17, 15) is 0 Å². The number of hydrogen-bond donors (Lipinski definition) is 2. The average molecular weight is 372 g/mol. The lowest BCUT2D eigenvalue weighted by Gasteiger charge is -2.34. The molecule has 3 N–H and O–H groups in total. The maximum absolute atomic E-state index is 5.75. The number of aliphatic imine (C=N–C) groups is 1. The number of anilines is 2. The van der Waals surface area contributed by atoms with Gasteiger partial charge in [-0.25, -0.2) is 0 Å². The maximum Gasteiger partial charge on any atom is 0.199 e. The summed E-state index contributed by atoms with van der Waals surface area (Å²) in [5.41, 5.74) is 7.92. The second-order valence-electron chi connectivity index (χ2n) is 5.15. The zero-order valence-corrected chi connectivity index (χ0v) is 16.8. The first-order valence-corrected chi connectivity index (χ1v) is 8.79. The first-order valence-electron chi connectivity index (χ1n) is 7.40. The highest BCUT2D eigenvalue weighted by Crippen LogP contribution is 2.19. The molecule has 1 heterocycles. The molecular weight excluding hydrogens is 345 g/mol. The van der Waals surface area contributed by atoms with E-state index in [-0.39, 0.29) is 9.90 Å². The number of nitrogens with zero attached hydrogens (tertiary/aromatic N) is 3. The molecule has 0 radical (unpaired) electrons. The summed E-state index contributed by atoms with van der Waals surface area (Å²) in [7, 11) is 2.16. The van der Waals surface area contributed by atoms with Gasteiger partial charge in [0, 0.05) is 37.6 Å². The van der Waals surface area contributed by atoms with Gasteiger partial charge in [-0.2, -0.15) is 14.9 Å². The SMILES string of the molecule is CCSC(N)=NC(=S)Nc1ccc(N2CCN(C)CC2)cc1.P. The number of nitrogens with two attached hydrogens (primary N) is 1. The Kier molecular flexibility index (Phi) is 8.84. The molecule has 128 valence electrons. The summed E-state index contributed by atoms with van der Waals surface area (Å²) >= 11 is 6.67. The van der Waals surface area contributed by atoms with Crippen molar-refractivity contribution >= 4 is 55.5 Å². The Hall–Kier alpha value is -0.880. The van der Waals surface area contributed by atoms with Gasteiger partial charge in [0.25, 0.3) is 0 Å². The molecule has 5 nitrogen and oxygen atoms in total. The third-order valence-corrected chi connectivity index (χ3v) is 4.36. The first-order chi connectivity index (χ1) is 10.6. The number of likely N-dealkylation sites (N-methyl/N-ethyl adjacent to an activating group) is 1. The average Bonchev–Trinajstić information content (AvgIpc) is 2.49. The third kappa shape index (κ3) is 6.63. The first kappa shape index (κ1) is 20.2. The zero-order chi connectivity index (χ0) is 15.9. The summed E-state index contributed by atoms with van der Waals surface area (Å²) in [6.45, 7) is 6.37. The van der Waals surface area contributed by atoms with Crippen molar-refractivity contribution in [2.45, 2.75) is 6.92 Å². The summed E-state index contributed by atoms with van der Waals surface area (Å²) in [5, 5.41) is 3.98. The number of rotatable bonds is 3. The van der Waals surface area contributed by atoms with Crippen molar-refractivity contribution in [2.75, 3.05) is 49.2 Å². The number of hydrogen-bond acceptors (Lipinski definition) is 4. The van der Waals surface area contributed by atoms with Gasteiger partial charge in [0.05, 0.1) is 0 Å². The van der Waals surface area contributed by atoms with Gasteiger partial charge in [0.2, 0.25) is 0 Å². The van der Waals surface area contributed by atoms with Crippen LogP contribution in [-0.2, 0) is 0 Å². The van der Waals surface area contributed by atoms with E-state index in [1.165, 1.54) is 17.4 Å². The van der Waals surface area contributed by atoms with Gasteiger partial charge in [-0.15, -0.1) is 0 Å². The fourth-order valence-electron chi connectivity index (χ4n) is 2.25. The van der Waals surface area contributed by atoms with Gasteiger partial charge >= 0.3 is 0 Å². The number of thioether (sulfide) groups is 1. The molecule has 0 aromatic heterocycles. The van der Waals surface area contributed by atoms with Crippen LogP contribution in [0.25, 0.3) is 0 Å². The minimum Gasteiger partial charge on any atom is -0.378 e. The molecule has 0 amide bonds. The van der Waals surface area contributed by atoms with Crippen molar-refractivity contribution in [1.82, 2.24) is 4.90 Å². The molecule has 23 heavy (non-hydrogen) atoms. The normalized spacial score (nSPS) is 15.9. The molecule has 8 heteroatoms. The standard InChI is InChI=1S/C15H23N5S2.H3P/c1-3-22-14(16)18-15(21)17-12-4-6-13(7-5-12)20-10-8-19(2)9-11-20;/h4-7H,3,8-11H2,1-2H3,(H3,16,17,18,21);1H3. The number of thiocarbonyl (C=S) groups is 1. The maximum atomic E-state index is 5.75. The number of nitrogens with one attached hydrogen (secondary N) is 1. The summed E-state index contributed by atoms with van der Waals surface area (Å²) in [6, 6.07) is 8.28. The van der Waals surface area contributed by atoms with Gasteiger partial charge < -0.3 is 20.9 Å². The largest absolute Gasteiger partial charge is 0.378 e. The van der Waals surface area contributed by atoms with E-state index >= 15 is 0 Å². The molecule has 1 unspecified atom stereocenters. The van der Waals surface area contributed by atoms with Gasteiger partial charge in [0.1, 0.15) is 0 Å². The van der Waals surface area contributed by atoms with E-state index in [2.05, 4.69) is 39.3 Å². The highest BCUT2D eigenvalue weighted by atomic mass is 32.2. The molecule has 0 spiro atoms. The van der Waals surface area contributed by atoms with Gasteiger partial charge in [-0.3, -0.25) is 0 Å². The minimum atomic E-state index is 0. The Labute approximate surface area is 151 Å². The molecule has 1 aliphatic heterocycles. The molecule has 0 bridgehead atoms. The Balaban J connectivity index is 0.00000264. The van der Waals surface area contributed by atoms with Crippen molar-refractivity contribution in [2.24, 2.45) is 10.7 Å². The third-order valence-electron chi connectivity index (χ3n) is 3.49. The second kappa shape index (κ2) is 10.1. The summed E-state index contributed by atoms with van der Waals surface area (Å²) in [6.07, 6.45) is 0. The lowest BCUT2D eigenvalue weighted by Crippen LogP contribution is -2.44. The van der Waals surface area contributed by atoms with Crippen LogP contribution in [0.15, 0.2) is 29.3 Å². The van der Waals surface area contributed by atoms with Crippen LogP contribution in [0.5, 0.6) is 0 Å². The van der Waals surface area contributed by atoms with Gasteiger partial charge in [-0.1, -0.05) is 18.7 Å². The Bertz CT molecular complexity index is 527. The second-order valence-corrected chi connectivity index (χ2v) is 6.82. The quantitative estimate of drug-likeness (QED) is 0.368.